The molecule has 1 N–H and O–H groups in total. The van der Waals surface area contributed by atoms with Crippen molar-refractivity contribution in [2.24, 2.45) is 7.05 Å². The van der Waals surface area contributed by atoms with Crippen molar-refractivity contribution < 1.29 is 9.59 Å². The first-order valence-electron chi connectivity index (χ1n) is 8.42. The second-order valence-electron chi connectivity index (χ2n) is 6.23. The fraction of sp³-hybridized carbons (Fsp3) is 0.389. The fourth-order valence-electron chi connectivity index (χ4n) is 3.02. The van der Waals surface area contributed by atoms with Gasteiger partial charge in [-0.05, 0) is 31.5 Å². The van der Waals surface area contributed by atoms with Gasteiger partial charge in [-0.15, -0.1) is 0 Å². The lowest BCUT2D eigenvalue weighted by atomic mass is 10.1. The van der Waals surface area contributed by atoms with Crippen molar-refractivity contribution in [3.8, 4) is 0 Å². The Balaban J connectivity index is 1.84. The summed E-state index contributed by atoms with van der Waals surface area (Å²) >= 11 is 0. The number of hydrogen-bond acceptors (Lipinski definition) is 3. The van der Waals surface area contributed by atoms with Gasteiger partial charge in [0.25, 0.3) is 5.91 Å². The third-order valence-electron chi connectivity index (χ3n) is 4.40. The minimum Gasteiger partial charge on any atom is -0.336 e. The van der Waals surface area contributed by atoms with E-state index in [1.807, 2.05) is 45.3 Å². The average molecular weight is 341 g/mol. The Bertz CT molecular complexity index is 799. The zero-order valence-corrected chi connectivity index (χ0v) is 14.8. The molecule has 1 aromatic carbocycles. The molecule has 2 aromatic rings. The molecule has 0 spiro atoms. The molecule has 0 aliphatic carbocycles. The molecule has 0 bridgehead atoms. The van der Waals surface area contributed by atoms with Crippen LogP contribution in [-0.2, 0) is 13.6 Å². The van der Waals surface area contributed by atoms with Crippen LogP contribution in [0.25, 0.3) is 0 Å². The first-order chi connectivity index (χ1) is 12.0. The Morgan fingerprint density at radius 1 is 1.40 bits per heavy atom. The highest BCUT2D eigenvalue weighted by Gasteiger charge is 2.24. The molecule has 1 saturated heterocycles. The molecule has 0 unspecified atom stereocenters. The van der Waals surface area contributed by atoms with E-state index in [0.717, 1.165) is 16.8 Å². The molecule has 2 heterocycles. The number of aryl methyl sites for hydroxylation is 2. The lowest BCUT2D eigenvalue weighted by Gasteiger charge is -2.22. The van der Waals surface area contributed by atoms with Crippen molar-refractivity contribution in [3.63, 3.8) is 0 Å². The third-order valence-corrected chi connectivity index (χ3v) is 4.40. The molecule has 3 rings (SSSR count). The van der Waals surface area contributed by atoms with E-state index in [9.17, 15) is 9.59 Å². The highest BCUT2D eigenvalue weighted by molar-refractivity contribution is 5.99. The van der Waals surface area contributed by atoms with E-state index in [1.54, 1.807) is 20.7 Å². The minimum absolute atomic E-state index is 0.0489. The molecule has 1 aliphatic rings. The summed E-state index contributed by atoms with van der Waals surface area (Å²) in [4.78, 5) is 28.3. The first-order valence-corrected chi connectivity index (χ1v) is 8.42. The van der Waals surface area contributed by atoms with Gasteiger partial charge in [-0.1, -0.05) is 6.07 Å². The Labute approximate surface area is 147 Å². The standard InChI is InChI=1S/C18H23N5O2/c1-4-22(12-14-10-20-21(3)11-14)17(24)15-6-5-13(2)16(9-15)23-8-7-19-18(23)25/h5-6,9-11H,4,7-8,12H2,1-3H3,(H,19,25). The number of rotatable bonds is 5. The zero-order valence-electron chi connectivity index (χ0n) is 14.8. The SMILES string of the molecule is CCN(Cc1cnn(C)c1)C(=O)c1ccc(C)c(N2CCNC2=O)c1. The van der Waals surface area contributed by atoms with E-state index < -0.39 is 0 Å². The molecule has 0 atom stereocenters. The van der Waals surface area contributed by atoms with E-state index in [1.165, 1.54) is 0 Å². The van der Waals surface area contributed by atoms with Crippen LogP contribution in [0.15, 0.2) is 30.6 Å². The van der Waals surface area contributed by atoms with Gasteiger partial charge in [0.1, 0.15) is 0 Å². The van der Waals surface area contributed by atoms with Crippen LogP contribution in [-0.4, -0.2) is 46.3 Å². The summed E-state index contributed by atoms with van der Waals surface area (Å²) in [5, 5.41) is 6.95. The molecule has 1 aromatic heterocycles. The normalized spacial score (nSPS) is 13.9. The predicted octanol–water partition coefficient (Wildman–Crippen LogP) is 1.92. The second-order valence-corrected chi connectivity index (χ2v) is 6.23. The molecule has 7 nitrogen and oxygen atoms in total. The van der Waals surface area contributed by atoms with Crippen molar-refractivity contribution in [2.75, 3.05) is 24.5 Å². The molecule has 0 radical (unpaired) electrons. The average Bonchev–Trinajstić information content (AvgIpc) is 3.20. The van der Waals surface area contributed by atoms with Gasteiger partial charge >= 0.3 is 6.03 Å². The summed E-state index contributed by atoms with van der Waals surface area (Å²) in [6.07, 6.45) is 3.68. The summed E-state index contributed by atoms with van der Waals surface area (Å²) in [7, 11) is 1.86. The van der Waals surface area contributed by atoms with Gasteiger partial charge in [0, 0.05) is 56.2 Å². The van der Waals surface area contributed by atoms with Crippen LogP contribution in [0.5, 0.6) is 0 Å². The lowest BCUT2D eigenvalue weighted by molar-refractivity contribution is 0.0752. The van der Waals surface area contributed by atoms with Crippen molar-refractivity contribution >= 4 is 17.6 Å². The predicted molar refractivity (Wildman–Crippen MR) is 95.5 cm³/mol. The first kappa shape index (κ1) is 17.0. The molecule has 7 heteroatoms. The summed E-state index contributed by atoms with van der Waals surface area (Å²) in [6.45, 7) is 6.25. The van der Waals surface area contributed by atoms with Crippen LogP contribution >= 0.6 is 0 Å². The smallest absolute Gasteiger partial charge is 0.322 e. The van der Waals surface area contributed by atoms with E-state index in [0.29, 0.717) is 31.7 Å². The maximum atomic E-state index is 12.9. The van der Waals surface area contributed by atoms with Crippen LogP contribution in [0.3, 0.4) is 0 Å². The number of anilines is 1. The quantitative estimate of drug-likeness (QED) is 0.903. The van der Waals surface area contributed by atoms with Crippen LogP contribution in [0, 0.1) is 6.92 Å². The number of aromatic nitrogens is 2. The highest BCUT2D eigenvalue weighted by atomic mass is 16.2. The Hall–Kier alpha value is -2.83. The van der Waals surface area contributed by atoms with Crippen molar-refractivity contribution in [1.82, 2.24) is 20.0 Å². The maximum absolute atomic E-state index is 12.9. The van der Waals surface area contributed by atoms with Gasteiger partial charge in [0.15, 0.2) is 0 Å². The van der Waals surface area contributed by atoms with Gasteiger partial charge in [-0.2, -0.15) is 5.10 Å². The number of urea groups is 1. The van der Waals surface area contributed by atoms with E-state index in [4.69, 9.17) is 0 Å². The van der Waals surface area contributed by atoms with E-state index in [2.05, 4.69) is 10.4 Å². The number of carbonyl (C=O) groups excluding carboxylic acids is 2. The number of amides is 3. The van der Waals surface area contributed by atoms with Gasteiger partial charge in [0.05, 0.1) is 6.20 Å². The Kier molecular flexibility index (Phi) is 4.74. The Morgan fingerprint density at radius 3 is 2.80 bits per heavy atom. The summed E-state index contributed by atoms with van der Waals surface area (Å²) < 4.78 is 1.73. The number of carbonyl (C=O) groups is 2. The largest absolute Gasteiger partial charge is 0.336 e. The Morgan fingerprint density at radius 2 is 2.20 bits per heavy atom. The summed E-state index contributed by atoms with van der Waals surface area (Å²) in [5.74, 6) is -0.0489. The molecular weight excluding hydrogens is 318 g/mol. The minimum atomic E-state index is -0.115. The molecule has 3 amide bonds. The zero-order chi connectivity index (χ0) is 18.0. The third kappa shape index (κ3) is 3.50. The molecule has 132 valence electrons. The van der Waals surface area contributed by atoms with Gasteiger partial charge in [-0.25, -0.2) is 4.79 Å². The topological polar surface area (TPSA) is 70.5 Å². The van der Waals surface area contributed by atoms with Crippen LogP contribution in [0.4, 0.5) is 10.5 Å². The molecule has 1 fully saturated rings. The molecular formula is C18H23N5O2. The van der Waals surface area contributed by atoms with Crippen molar-refractivity contribution in [3.05, 3.63) is 47.3 Å². The molecule has 25 heavy (non-hydrogen) atoms. The van der Waals surface area contributed by atoms with Crippen LogP contribution in [0.1, 0.15) is 28.4 Å². The monoisotopic (exact) mass is 341 g/mol. The fourth-order valence-corrected chi connectivity index (χ4v) is 3.02. The van der Waals surface area contributed by atoms with Gasteiger partial charge in [-0.3, -0.25) is 14.4 Å². The highest BCUT2D eigenvalue weighted by Crippen LogP contribution is 2.24. The van der Waals surface area contributed by atoms with Crippen LogP contribution < -0.4 is 10.2 Å². The number of nitrogens with zero attached hydrogens (tertiary/aromatic N) is 4. The number of hydrogen-bond donors (Lipinski definition) is 1. The lowest BCUT2D eigenvalue weighted by Crippen LogP contribution is -2.31. The molecule has 0 saturated carbocycles. The summed E-state index contributed by atoms with van der Waals surface area (Å²) in [6, 6.07) is 5.41. The number of benzene rings is 1. The van der Waals surface area contributed by atoms with E-state index in [-0.39, 0.29) is 11.9 Å². The second kappa shape index (κ2) is 6.96. The van der Waals surface area contributed by atoms with Gasteiger partial charge < -0.3 is 10.2 Å². The number of nitrogens with one attached hydrogen (secondary N) is 1. The maximum Gasteiger partial charge on any atom is 0.322 e. The van der Waals surface area contributed by atoms with Gasteiger partial charge in [0.2, 0.25) is 0 Å². The molecule has 1 aliphatic heterocycles. The van der Waals surface area contributed by atoms with Crippen molar-refractivity contribution in [1.29, 1.82) is 0 Å². The van der Waals surface area contributed by atoms with Crippen LogP contribution in [0.2, 0.25) is 0 Å². The summed E-state index contributed by atoms with van der Waals surface area (Å²) in [5.41, 5.74) is 3.34. The van der Waals surface area contributed by atoms with E-state index >= 15 is 0 Å². The van der Waals surface area contributed by atoms with Crippen molar-refractivity contribution in [2.45, 2.75) is 20.4 Å².